The van der Waals surface area contributed by atoms with Crippen LogP contribution in [-0.4, -0.2) is 41.5 Å². The van der Waals surface area contributed by atoms with Gasteiger partial charge in [0.1, 0.15) is 5.82 Å². The van der Waals surface area contributed by atoms with Gasteiger partial charge in [0, 0.05) is 23.3 Å². The average molecular weight is 327 g/mol. The van der Waals surface area contributed by atoms with Gasteiger partial charge in [-0.05, 0) is 53.9 Å². The number of nitrogens with zero attached hydrogens (tertiary/aromatic N) is 2. The molecule has 19 heavy (non-hydrogen) atoms. The summed E-state index contributed by atoms with van der Waals surface area (Å²) in [5, 5.41) is 2.81. The SMILES string of the molecule is CC1CC(CN)CN1CC(=O)Nc1ccc(Br)cn1. The molecule has 1 aromatic rings. The normalized spacial score (nSPS) is 23.5. The number of pyridine rings is 1. The molecule has 1 aromatic heterocycles. The van der Waals surface area contributed by atoms with Gasteiger partial charge in [0.05, 0.1) is 6.54 Å². The van der Waals surface area contributed by atoms with Gasteiger partial charge in [0.2, 0.25) is 5.91 Å². The van der Waals surface area contributed by atoms with Gasteiger partial charge in [-0.3, -0.25) is 9.69 Å². The van der Waals surface area contributed by atoms with Crippen LogP contribution in [-0.2, 0) is 4.79 Å². The second kappa shape index (κ2) is 6.45. The third kappa shape index (κ3) is 3.99. The minimum absolute atomic E-state index is 0.0284. The molecule has 1 amide bonds. The molecule has 0 bridgehead atoms. The topological polar surface area (TPSA) is 71.2 Å². The Balaban J connectivity index is 1.86. The van der Waals surface area contributed by atoms with Crippen LogP contribution in [0.25, 0.3) is 0 Å². The average Bonchev–Trinajstić information content (AvgIpc) is 2.73. The predicted octanol–water partition coefficient (Wildman–Crippen LogP) is 1.45. The van der Waals surface area contributed by atoms with Gasteiger partial charge in [-0.1, -0.05) is 0 Å². The van der Waals surface area contributed by atoms with Crippen molar-refractivity contribution in [2.24, 2.45) is 11.7 Å². The first kappa shape index (κ1) is 14.4. The first-order valence-electron chi connectivity index (χ1n) is 6.44. The zero-order valence-corrected chi connectivity index (χ0v) is 12.6. The maximum atomic E-state index is 12.0. The van der Waals surface area contributed by atoms with Crippen molar-refractivity contribution in [1.29, 1.82) is 0 Å². The number of nitrogens with two attached hydrogens (primary N) is 1. The lowest BCUT2D eigenvalue weighted by atomic mass is 10.1. The molecular formula is C13H19BrN4O. The van der Waals surface area contributed by atoms with E-state index in [0.717, 1.165) is 17.4 Å². The maximum Gasteiger partial charge on any atom is 0.239 e. The fraction of sp³-hybridized carbons (Fsp3) is 0.538. The molecular weight excluding hydrogens is 308 g/mol. The highest BCUT2D eigenvalue weighted by Crippen LogP contribution is 2.21. The van der Waals surface area contributed by atoms with Crippen LogP contribution in [0.3, 0.4) is 0 Å². The third-order valence-corrected chi connectivity index (χ3v) is 3.93. The first-order valence-corrected chi connectivity index (χ1v) is 7.23. The number of nitrogens with one attached hydrogen (secondary N) is 1. The molecule has 0 aliphatic carbocycles. The first-order chi connectivity index (χ1) is 9.08. The molecule has 104 valence electrons. The van der Waals surface area contributed by atoms with E-state index in [9.17, 15) is 4.79 Å². The van der Waals surface area contributed by atoms with Gasteiger partial charge in [-0.25, -0.2) is 4.98 Å². The quantitative estimate of drug-likeness (QED) is 0.878. The highest BCUT2D eigenvalue weighted by molar-refractivity contribution is 9.10. The summed E-state index contributed by atoms with van der Waals surface area (Å²) in [5.41, 5.74) is 5.69. The molecule has 3 N–H and O–H groups in total. The minimum Gasteiger partial charge on any atom is -0.330 e. The Bertz CT molecular complexity index is 437. The van der Waals surface area contributed by atoms with E-state index in [-0.39, 0.29) is 5.91 Å². The number of carbonyl (C=O) groups excluding carboxylic acids is 1. The Morgan fingerprint density at radius 3 is 3.00 bits per heavy atom. The second-order valence-corrected chi connectivity index (χ2v) is 5.94. The summed E-state index contributed by atoms with van der Waals surface area (Å²) in [6.07, 6.45) is 2.73. The van der Waals surface area contributed by atoms with Crippen LogP contribution in [0, 0.1) is 5.92 Å². The van der Waals surface area contributed by atoms with E-state index in [4.69, 9.17) is 5.73 Å². The molecule has 2 atom stereocenters. The molecule has 1 aliphatic rings. The maximum absolute atomic E-state index is 12.0. The number of amides is 1. The summed E-state index contributed by atoms with van der Waals surface area (Å²) < 4.78 is 0.893. The molecule has 0 aromatic carbocycles. The van der Waals surface area contributed by atoms with Crippen LogP contribution >= 0.6 is 15.9 Å². The molecule has 1 aliphatic heterocycles. The standard InChI is InChI=1S/C13H19BrN4O/c1-9-4-10(5-15)7-18(9)8-13(19)17-12-3-2-11(14)6-16-12/h2-3,6,9-10H,4-5,7-8,15H2,1H3,(H,16,17,19). The van der Waals surface area contributed by atoms with Crippen LogP contribution in [0.2, 0.25) is 0 Å². The van der Waals surface area contributed by atoms with Crippen LogP contribution in [0.15, 0.2) is 22.8 Å². The molecule has 6 heteroatoms. The summed E-state index contributed by atoms with van der Waals surface area (Å²) in [6, 6.07) is 4.04. The Morgan fingerprint density at radius 2 is 2.42 bits per heavy atom. The molecule has 1 saturated heterocycles. The number of hydrogen-bond donors (Lipinski definition) is 2. The van der Waals surface area contributed by atoms with Crippen molar-refractivity contribution >= 4 is 27.7 Å². The number of aromatic nitrogens is 1. The minimum atomic E-state index is -0.0284. The van der Waals surface area contributed by atoms with Crippen molar-refractivity contribution in [3.63, 3.8) is 0 Å². The lowest BCUT2D eigenvalue weighted by molar-refractivity contribution is -0.117. The van der Waals surface area contributed by atoms with Crippen molar-refractivity contribution < 1.29 is 4.79 Å². The second-order valence-electron chi connectivity index (χ2n) is 5.03. The third-order valence-electron chi connectivity index (χ3n) is 3.47. The van der Waals surface area contributed by atoms with Gasteiger partial charge in [-0.15, -0.1) is 0 Å². The van der Waals surface area contributed by atoms with E-state index in [2.05, 4.69) is 38.1 Å². The Kier molecular flexibility index (Phi) is 4.90. The lowest BCUT2D eigenvalue weighted by Gasteiger charge is -2.20. The van der Waals surface area contributed by atoms with Gasteiger partial charge < -0.3 is 11.1 Å². The van der Waals surface area contributed by atoms with Gasteiger partial charge in [-0.2, -0.15) is 0 Å². The fourth-order valence-electron chi connectivity index (χ4n) is 2.43. The van der Waals surface area contributed by atoms with Crippen molar-refractivity contribution in [1.82, 2.24) is 9.88 Å². The van der Waals surface area contributed by atoms with Crippen molar-refractivity contribution in [3.05, 3.63) is 22.8 Å². The molecule has 2 unspecified atom stereocenters. The number of likely N-dealkylation sites (tertiary alicyclic amines) is 1. The van der Waals surface area contributed by atoms with Crippen molar-refractivity contribution in [3.8, 4) is 0 Å². The fourth-order valence-corrected chi connectivity index (χ4v) is 2.66. The molecule has 2 heterocycles. The summed E-state index contributed by atoms with van der Waals surface area (Å²) in [4.78, 5) is 18.3. The molecule has 2 rings (SSSR count). The molecule has 0 spiro atoms. The zero-order chi connectivity index (χ0) is 13.8. The van der Waals surface area contributed by atoms with E-state index in [1.807, 2.05) is 6.07 Å². The largest absolute Gasteiger partial charge is 0.330 e. The van der Waals surface area contributed by atoms with E-state index < -0.39 is 0 Å². The number of rotatable bonds is 4. The van der Waals surface area contributed by atoms with Gasteiger partial charge >= 0.3 is 0 Å². The molecule has 1 fully saturated rings. The summed E-state index contributed by atoms with van der Waals surface area (Å²) >= 11 is 3.31. The predicted molar refractivity (Wildman–Crippen MR) is 78.8 cm³/mol. The Morgan fingerprint density at radius 1 is 1.63 bits per heavy atom. The van der Waals surface area contributed by atoms with E-state index >= 15 is 0 Å². The number of halogens is 1. The number of hydrogen-bond acceptors (Lipinski definition) is 4. The zero-order valence-electron chi connectivity index (χ0n) is 11.0. The molecule has 0 saturated carbocycles. The number of carbonyl (C=O) groups is 1. The van der Waals surface area contributed by atoms with E-state index in [0.29, 0.717) is 30.9 Å². The summed E-state index contributed by atoms with van der Waals surface area (Å²) in [5.74, 6) is 1.06. The summed E-state index contributed by atoms with van der Waals surface area (Å²) in [6.45, 7) is 4.13. The molecule has 0 radical (unpaired) electrons. The Labute approximate surface area is 121 Å². The highest BCUT2D eigenvalue weighted by atomic mass is 79.9. The number of anilines is 1. The smallest absolute Gasteiger partial charge is 0.239 e. The van der Waals surface area contributed by atoms with Crippen LogP contribution in [0.1, 0.15) is 13.3 Å². The monoisotopic (exact) mass is 326 g/mol. The summed E-state index contributed by atoms with van der Waals surface area (Å²) in [7, 11) is 0. The molecule has 5 nitrogen and oxygen atoms in total. The van der Waals surface area contributed by atoms with Crippen molar-refractivity contribution in [2.45, 2.75) is 19.4 Å². The van der Waals surface area contributed by atoms with Crippen molar-refractivity contribution in [2.75, 3.05) is 25.0 Å². The van der Waals surface area contributed by atoms with E-state index in [1.54, 1.807) is 12.3 Å². The van der Waals surface area contributed by atoms with Crippen LogP contribution in [0.4, 0.5) is 5.82 Å². The van der Waals surface area contributed by atoms with Crippen LogP contribution < -0.4 is 11.1 Å². The Hall–Kier alpha value is -0.980. The van der Waals surface area contributed by atoms with Gasteiger partial charge in [0.15, 0.2) is 0 Å². The van der Waals surface area contributed by atoms with Crippen LogP contribution in [0.5, 0.6) is 0 Å². The lowest BCUT2D eigenvalue weighted by Crippen LogP contribution is -2.36. The highest BCUT2D eigenvalue weighted by Gasteiger charge is 2.29. The van der Waals surface area contributed by atoms with Gasteiger partial charge in [0.25, 0.3) is 0 Å². The van der Waals surface area contributed by atoms with E-state index in [1.165, 1.54) is 0 Å².